The molecule has 0 unspecified atom stereocenters. The molecule has 1 spiro atoms. The zero-order chi connectivity index (χ0) is 19.4. The number of amidine groups is 1. The summed E-state index contributed by atoms with van der Waals surface area (Å²) in [5.41, 5.74) is 10.5. The molecule has 27 heavy (non-hydrogen) atoms. The Morgan fingerprint density at radius 3 is 2.48 bits per heavy atom. The first-order valence-electron chi connectivity index (χ1n) is 9.00. The highest BCUT2D eigenvalue weighted by Crippen LogP contribution is 2.34. The molecule has 2 heterocycles. The van der Waals surface area contributed by atoms with E-state index in [-0.39, 0.29) is 24.6 Å². The topological polar surface area (TPSA) is 129 Å². The number of carboxylic acids is 1. The lowest BCUT2D eigenvalue weighted by Crippen LogP contribution is -2.46. The van der Waals surface area contributed by atoms with Crippen LogP contribution in [0.5, 0.6) is 0 Å². The molecule has 5 N–H and O–H groups in total. The molecular formula is C19H24N4O4. The molecule has 0 radical (unpaired) electrons. The SMILES string of the molecule is N=C(N)c1ccc(C2=CC3(CCN(C(=O)CCCC(=O)O)CC3)ON2)cc1. The summed E-state index contributed by atoms with van der Waals surface area (Å²) in [5.74, 6) is -0.844. The fourth-order valence-corrected chi connectivity index (χ4v) is 3.38. The van der Waals surface area contributed by atoms with Gasteiger partial charge in [-0.15, -0.1) is 0 Å². The number of piperidine rings is 1. The Hall–Kier alpha value is -2.87. The molecule has 2 aliphatic heterocycles. The summed E-state index contributed by atoms with van der Waals surface area (Å²) in [4.78, 5) is 30.4. The Morgan fingerprint density at radius 1 is 1.22 bits per heavy atom. The number of hydroxylamine groups is 1. The Bertz CT molecular complexity index is 764. The smallest absolute Gasteiger partial charge is 0.303 e. The van der Waals surface area contributed by atoms with Crippen molar-refractivity contribution in [1.29, 1.82) is 5.41 Å². The average molecular weight is 372 g/mol. The summed E-state index contributed by atoms with van der Waals surface area (Å²) in [6.45, 7) is 1.17. The minimum Gasteiger partial charge on any atom is -0.481 e. The fraction of sp³-hybridized carbons (Fsp3) is 0.421. The molecule has 144 valence electrons. The third-order valence-corrected chi connectivity index (χ3v) is 5.02. The van der Waals surface area contributed by atoms with E-state index < -0.39 is 11.6 Å². The number of hydrogen-bond acceptors (Lipinski definition) is 5. The quantitative estimate of drug-likeness (QED) is 0.442. The van der Waals surface area contributed by atoms with Crippen LogP contribution in [0.4, 0.5) is 0 Å². The zero-order valence-corrected chi connectivity index (χ0v) is 15.0. The highest BCUT2D eigenvalue weighted by molar-refractivity contribution is 5.95. The molecule has 0 aromatic heterocycles. The van der Waals surface area contributed by atoms with Crippen molar-refractivity contribution < 1.29 is 19.5 Å². The number of carboxylic acid groups (broad SMARTS) is 1. The van der Waals surface area contributed by atoms with Crippen molar-refractivity contribution in [2.75, 3.05) is 13.1 Å². The molecule has 0 aliphatic carbocycles. The van der Waals surface area contributed by atoms with E-state index in [2.05, 4.69) is 11.6 Å². The number of nitrogens with two attached hydrogens (primary N) is 1. The van der Waals surface area contributed by atoms with Crippen molar-refractivity contribution in [3.05, 3.63) is 41.5 Å². The van der Waals surface area contributed by atoms with Crippen LogP contribution in [0.3, 0.4) is 0 Å². The summed E-state index contributed by atoms with van der Waals surface area (Å²) in [6.07, 6.45) is 4.07. The molecule has 0 atom stereocenters. The van der Waals surface area contributed by atoms with Gasteiger partial charge in [0.2, 0.25) is 5.91 Å². The van der Waals surface area contributed by atoms with Crippen molar-refractivity contribution in [2.45, 2.75) is 37.7 Å². The Balaban J connectivity index is 1.57. The van der Waals surface area contributed by atoms with Gasteiger partial charge in [-0.25, -0.2) is 0 Å². The van der Waals surface area contributed by atoms with E-state index >= 15 is 0 Å². The van der Waals surface area contributed by atoms with Gasteiger partial charge in [0.15, 0.2) is 0 Å². The number of hydrogen-bond donors (Lipinski definition) is 4. The van der Waals surface area contributed by atoms with Crippen LogP contribution in [0, 0.1) is 5.41 Å². The summed E-state index contributed by atoms with van der Waals surface area (Å²) >= 11 is 0. The zero-order valence-electron chi connectivity index (χ0n) is 15.0. The van der Waals surface area contributed by atoms with Crippen LogP contribution in [-0.4, -0.2) is 46.4 Å². The van der Waals surface area contributed by atoms with Crippen LogP contribution < -0.4 is 11.2 Å². The molecule has 8 nitrogen and oxygen atoms in total. The molecule has 0 saturated carbocycles. The summed E-state index contributed by atoms with van der Waals surface area (Å²) < 4.78 is 0. The number of nitrogen functional groups attached to an aromatic ring is 1. The van der Waals surface area contributed by atoms with E-state index in [1.54, 1.807) is 17.0 Å². The second-order valence-electron chi connectivity index (χ2n) is 6.95. The first kappa shape index (κ1) is 18.9. The minimum absolute atomic E-state index is 0.00100. The van der Waals surface area contributed by atoms with Gasteiger partial charge in [0, 0.05) is 44.3 Å². The first-order valence-corrected chi connectivity index (χ1v) is 9.00. The lowest BCUT2D eigenvalue weighted by molar-refractivity contribution is -0.138. The Labute approximate surface area is 157 Å². The fourth-order valence-electron chi connectivity index (χ4n) is 3.38. The van der Waals surface area contributed by atoms with Gasteiger partial charge in [-0.2, -0.15) is 0 Å². The van der Waals surface area contributed by atoms with Crippen molar-refractivity contribution in [1.82, 2.24) is 10.4 Å². The second kappa shape index (κ2) is 7.79. The van der Waals surface area contributed by atoms with Gasteiger partial charge in [0.25, 0.3) is 0 Å². The van der Waals surface area contributed by atoms with Gasteiger partial charge < -0.3 is 15.7 Å². The van der Waals surface area contributed by atoms with Gasteiger partial charge >= 0.3 is 5.97 Å². The van der Waals surface area contributed by atoms with Crippen molar-refractivity contribution >= 4 is 23.4 Å². The van der Waals surface area contributed by atoms with Gasteiger partial charge in [-0.3, -0.25) is 25.3 Å². The molecule has 1 aromatic rings. The molecule has 8 heteroatoms. The summed E-state index contributed by atoms with van der Waals surface area (Å²) in [5, 5.41) is 16.1. The predicted octanol–water partition coefficient (Wildman–Crippen LogP) is 1.46. The molecule has 2 aliphatic rings. The van der Waals surface area contributed by atoms with Crippen LogP contribution >= 0.6 is 0 Å². The van der Waals surface area contributed by atoms with E-state index in [4.69, 9.17) is 21.1 Å². The maximum Gasteiger partial charge on any atom is 0.303 e. The number of carbonyl (C=O) groups excluding carboxylic acids is 1. The number of amides is 1. The van der Waals surface area contributed by atoms with Gasteiger partial charge in [0.1, 0.15) is 11.4 Å². The largest absolute Gasteiger partial charge is 0.481 e. The Kier molecular flexibility index (Phi) is 5.46. The van der Waals surface area contributed by atoms with Gasteiger partial charge in [0.05, 0.1) is 5.70 Å². The maximum absolute atomic E-state index is 12.2. The number of aliphatic carboxylic acids is 1. The number of nitrogens with one attached hydrogen (secondary N) is 2. The second-order valence-corrected chi connectivity index (χ2v) is 6.95. The van der Waals surface area contributed by atoms with E-state index in [9.17, 15) is 9.59 Å². The highest BCUT2D eigenvalue weighted by atomic mass is 16.7. The van der Waals surface area contributed by atoms with Crippen LogP contribution in [0.2, 0.25) is 0 Å². The van der Waals surface area contributed by atoms with Crippen LogP contribution in [0.1, 0.15) is 43.2 Å². The molecule has 3 rings (SSSR count). The van der Waals surface area contributed by atoms with Crippen LogP contribution in [-0.2, 0) is 14.4 Å². The molecular weight excluding hydrogens is 348 g/mol. The minimum atomic E-state index is -0.875. The predicted molar refractivity (Wildman–Crippen MR) is 99.7 cm³/mol. The Morgan fingerprint density at radius 2 is 1.89 bits per heavy atom. The number of rotatable bonds is 6. The van der Waals surface area contributed by atoms with E-state index in [1.165, 1.54) is 0 Å². The van der Waals surface area contributed by atoms with Crippen molar-refractivity contribution in [2.24, 2.45) is 5.73 Å². The maximum atomic E-state index is 12.2. The standard InChI is InChI=1S/C19H24N4O4/c20-18(21)14-6-4-13(5-7-14)15-12-19(27-22-15)8-10-23(11-9-19)16(24)2-1-3-17(25)26/h4-7,12,22H,1-3,8-11H2,(H3,20,21)(H,25,26). The van der Waals surface area contributed by atoms with Crippen molar-refractivity contribution in [3.63, 3.8) is 0 Å². The number of nitrogens with zero attached hydrogens (tertiary/aromatic N) is 1. The third-order valence-electron chi connectivity index (χ3n) is 5.02. The number of likely N-dealkylation sites (tertiary alicyclic amines) is 1. The van der Waals surface area contributed by atoms with Gasteiger partial charge in [-0.05, 0) is 18.1 Å². The monoisotopic (exact) mass is 372 g/mol. The number of benzene rings is 1. The van der Waals surface area contributed by atoms with E-state index in [0.29, 0.717) is 37.9 Å². The average Bonchev–Trinajstić information content (AvgIpc) is 3.05. The lowest BCUT2D eigenvalue weighted by atomic mass is 9.90. The molecule has 1 amide bonds. The van der Waals surface area contributed by atoms with Gasteiger partial charge in [-0.1, -0.05) is 24.3 Å². The molecule has 1 fully saturated rings. The highest BCUT2D eigenvalue weighted by Gasteiger charge is 2.39. The summed E-state index contributed by atoms with van der Waals surface area (Å²) in [7, 11) is 0. The van der Waals surface area contributed by atoms with Crippen LogP contribution in [0.25, 0.3) is 5.70 Å². The normalized spacial score (nSPS) is 18.1. The van der Waals surface area contributed by atoms with E-state index in [0.717, 1.165) is 11.3 Å². The van der Waals surface area contributed by atoms with Crippen molar-refractivity contribution in [3.8, 4) is 0 Å². The lowest BCUT2D eigenvalue weighted by Gasteiger charge is -2.36. The van der Waals surface area contributed by atoms with E-state index in [1.807, 2.05) is 12.1 Å². The van der Waals surface area contributed by atoms with Crippen LogP contribution in [0.15, 0.2) is 30.3 Å². The number of carbonyl (C=O) groups is 2. The molecule has 0 bridgehead atoms. The molecule has 1 saturated heterocycles. The molecule has 1 aromatic carbocycles. The summed E-state index contributed by atoms with van der Waals surface area (Å²) in [6, 6.07) is 7.37. The third kappa shape index (κ3) is 4.46. The first-order chi connectivity index (χ1) is 12.9.